The summed E-state index contributed by atoms with van der Waals surface area (Å²) >= 11 is 5.90. The molecule has 18 heavy (non-hydrogen) atoms. The number of carbonyl (C=O) groups is 2. The van der Waals surface area contributed by atoms with Gasteiger partial charge in [0.25, 0.3) is 0 Å². The first kappa shape index (κ1) is 14.5. The summed E-state index contributed by atoms with van der Waals surface area (Å²) in [6.07, 6.45) is 0.249. The molecule has 0 atom stereocenters. The second kappa shape index (κ2) is 6.98. The molecule has 0 unspecified atom stereocenters. The average molecular weight is 270 g/mol. The fraction of sp³-hybridized carbons (Fsp3) is 0.333. The molecule has 1 rings (SSSR count). The highest BCUT2D eigenvalue weighted by Crippen LogP contribution is 2.20. The van der Waals surface area contributed by atoms with Gasteiger partial charge in [0.15, 0.2) is 0 Å². The number of nitrogens with zero attached hydrogens (tertiary/aromatic N) is 1. The van der Waals surface area contributed by atoms with Gasteiger partial charge in [-0.3, -0.25) is 15.0 Å². The number of hydrazine groups is 1. The maximum atomic E-state index is 11.6. The molecule has 0 bridgehead atoms. The normalized spacial score (nSPS) is 10.2. The van der Waals surface area contributed by atoms with Gasteiger partial charge in [0.05, 0.1) is 10.7 Å². The Bertz CT molecular complexity index is 435. The van der Waals surface area contributed by atoms with E-state index in [1.807, 2.05) is 0 Å². The fourth-order valence-electron chi connectivity index (χ4n) is 1.31. The Morgan fingerprint density at radius 2 is 1.78 bits per heavy atom. The summed E-state index contributed by atoms with van der Waals surface area (Å²) in [5.74, 6) is -0.439. The molecule has 0 aliphatic heterocycles. The lowest BCUT2D eigenvalue weighted by Gasteiger charge is -2.11. The second-order valence-electron chi connectivity index (χ2n) is 3.96. The van der Waals surface area contributed by atoms with Crippen molar-refractivity contribution in [2.24, 2.45) is 0 Å². The molecule has 5 nitrogen and oxygen atoms in total. The SMILES string of the molecule is CN(C)NC(=O)CCC(=O)Nc1ccccc1Cl. The fourth-order valence-corrected chi connectivity index (χ4v) is 1.49. The molecule has 6 heteroatoms. The number of rotatable bonds is 5. The predicted octanol–water partition coefficient (Wildman–Crippen LogP) is 1.65. The van der Waals surface area contributed by atoms with E-state index in [4.69, 9.17) is 11.6 Å². The van der Waals surface area contributed by atoms with Gasteiger partial charge in [-0.15, -0.1) is 0 Å². The van der Waals surface area contributed by atoms with E-state index in [0.29, 0.717) is 10.7 Å². The van der Waals surface area contributed by atoms with Crippen LogP contribution in [-0.2, 0) is 9.59 Å². The number of hydrogen-bond acceptors (Lipinski definition) is 3. The van der Waals surface area contributed by atoms with Crippen LogP contribution in [0.5, 0.6) is 0 Å². The molecule has 1 aromatic rings. The molecular formula is C12H16ClN3O2. The summed E-state index contributed by atoms with van der Waals surface area (Å²) in [5.41, 5.74) is 3.11. The van der Waals surface area contributed by atoms with E-state index in [9.17, 15) is 9.59 Å². The van der Waals surface area contributed by atoms with Crippen LogP contribution in [0.3, 0.4) is 0 Å². The van der Waals surface area contributed by atoms with Crippen molar-refractivity contribution in [1.82, 2.24) is 10.4 Å². The molecule has 0 saturated heterocycles. The minimum absolute atomic E-state index is 0.116. The van der Waals surface area contributed by atoms with Gasteiger partial charge in [0.2, 0.25) is 11.8 Å². The number of para-hydroxylation sites is 1. The monoisotopic (exact) mass is 269 g/mol. The number of hydrogen-bond donors (Lipinski definition) is 2. The molecule has 0 aliphatic rings. The van der Waals surface area contributed by atoms with Crippen LogP contribution in [-0.4, -0.2) is 30.9 Å². The van der Waals surface area contributed by atoms with Crippen LogP contribution < -0.4 is 10.7 Å². The van der Waals surface area contributed by atoms with Crippen LogP contribution in [0.2, 0.25) is 5.02 Å². The average Bonchev–Trinajstić information content (AvgIpc) is 2.29. The van der Waals surface area contributed by atoms with Crippen molar-refractivity contribution < 1.29 is 9.59 Å². The van der Waals surface area contributed by atoms with Crippen LogP contribution >= 0.6 is 11.6 Å². The van der Waals surface area contributed by atoms with Gasteiger partial charge in [-0.2, -0.15) is 0 Å². The Hall–Kier alpha value is -1.59. The predicted molar refractivity (Wildman–Crippen MR) is 71.1 cm³/mol. The van der Waals surface area contributed by atoms with Crippen molar-refractivity contribution in [3.63, 3.8) is 0 Å². The minimum atomic E-state index is -0.239. The first-order valence-electron chi connectivity index (χ1n) is 5.50. The van der Waals surface area contributed by atoms with Gasteiger partial charge < -0.3 is 5.32 Å². The molecular weight excluding hydrogens is 254 g/mol. The van der Waals surface area contributed by atoms with Crippen molar-refractivity contribution in [2.45, 2.75) is 12.8 Å². The molecule has 2 N–H and O–H groups in total. The van der Waals surface area contributed by atoms with E-state index in [2.05, 4.69) is 10.7 Å². The number of carbonyl (C=O) groups excluding carboxylic acids is 2. The number of nitrogens with one attached hydrogen (secondary N) is 2. The van der Waals surface area contributed by atoms with E-state index in [-0.39, 0.29) is 24.7 Å². The molecule has 0 saturated carbocycles. The summed E-state index contributed by atoms with van der Waals surface area (Å²) in [4.78, 5) is 22.9. The topological polar surface area (TPSA) is 61.4 Å². The van der Waals surface area contributed by atoms with E-state index in [0.717, 1.165) is 0 Å². The molecule has 98 valence electrons. The third-order valence-corrected chi connectivity index (χ3v) is 2.40. The van der Waals surface area contributed by atoms with E-state index in [1.54, 1.807) is 38.4 Å². The van der Waals surface area contributed by atoms with Crippen LogP contribution in [0, 0.1) is 0 Å². The van der Waals surface area contributed by atoms with Crippen molar-refractivity contribution >= 4 is 29.1 Å². The third-order valence-electron chi connectivity index (χ3n) is 2.08. The lowest BCUT2D eigenvalue weighted by molar-refractivity contribution is -0.127. The summed E-state index contributed by atoms with van der Waals surface area (Å²) in [6.45, 7) is 0. The van der Waals surface area contributed by atoms with Crippen molar-refractivity contribution in [3.05, 3.63) is 29.3 Å². The summed E-state index contributed by atoms with van der Waals surface area (Å²) in [7, 11) is 3.42. The van der Waals surface area contributed by atoms with Crippen molar-refractivity contribution in [2.75, 3.05) is 19.4 Å². The Balaban J connectivity index is 2.39. The largest absolute Gasteiger partial charge is 0.325 e. The zero-order valence-electron chi connectivity index (χ0n) is 10.4. The molecule has 0 aliphatic carbocycles. The number of amides is 2. The Morgan fingerprint density at radius 1 is 1.17 bits per heavy atom. The maximum absolute atomic E-state index is 11.6. The third kappa shape index (κ3) is 5.16. The smallest absolute Gasteiger partial charge is 0.234 e. The molecule has 0 spiro atoms. The van der Waals surface area contributed by atoms with Gasteiger partial charge in [-0.05, 0) is 12.1 Å². The molecule has 0 aromatic heterocycles. The van der Waals surface area contributed by atoms with Crippen molar-refractivity contribution in [1.29, 1.82) is 0 Å². The zero-order chi connectivity index (χ0) is 13.5. The maximum Gasteiger partial charge on any atom is 0.234 e. The molecule has 0 fully saturated rings. The summed E-state index contributed by atoms with van der Waals surface area (Å²) in [5, 5.41) is 4.67. The van der Waals surface area contributed by atoms with Gasteiger partial charge >= 0.3 is 0 Å². The lowest BCUT2D eigenvalue weighted by atomic mass is 10.2. The van der Waals surface area contributed by atoms with Crippen LogP contribution in [0.25, 0.3) is 0 Å². The van der Waals surface area contributed by atoms with Gasteiger partial charge in [0.1, 0.15) is 0 Å². The van der Waals surface area contributed by atoms with E-state index in [1.165, 1.54) is 5.01 Å². The molecule has 0 radical (unpaired) electrons. The second-order valence-corrected chi connectivity index (χ2v) is 4.36. The summed E-state index contributed by atoms with van der Waals surface area (Å²) < 4.78 is 0. The number of benzene rings is 1. The zero-order valence-corrected chi connectivity index (χ0v) is 11.1. The molecule has 0 heterocycles. The highest BCUT2D eigenvalue weighted by atomic mass is 35.5. The lowest BCUT2D eigenvalue weighted by Crippen LogP contribution is -2.36. The highest BCUT2D eigenvalue weighted by molar-refractivity contribution is 6.33. The van der Waals surface area contributed by atoms with E-state index >= 15 is 0 Å². The Kier molecular flexibility index (Phi) is 5.61. The van der Waals surface area contributed by atoms with E-state index < -0.39 is 0 Å². The summed E-state index contributed by atoms with van der Waals surface area (Å²) in [6, 6.07) is 6.96. The van der Waals surface area contributed by atoms with Gasteiger partial charge in [0, 0.05) is 26.9 Å². The van der Waals surface area contributed by atoms with Crippen LogP contribution in [0.1, 0.15) is 12.8 Å². The molecule has 2 amide bonds. The van der Waals surface area contributed by atoms with Crippen molar-refractivity contribution in [3.8, 4) is 0 Å². The number of halogens is 1. The highest BCUT2D eigenvalue weighted by Gasteiger charge is 2.08. The van der Waals surface area contributed by atoms with Gasteiger partial charge in [-0.1, -0.05) is 23.7 Å². The Labute approximate surface area is 111 Å². The van der Waals surface area contributed by atoms with Gasteiger partial charge in [-0.25, -0.2) is 5.01 Å². The first-order chi connectivity index (χ1) is 8.49. The quantitative estimate of drug-likeness (QED) is 0.799. The van der Waals surface area contributed by atoms with Crippen LogP contribution in [0.4, 0.5) is 5.69 Å². The van der Waals surface area contributed by atoms with Crippen LogP contribution in [0.15, 0.2) is 24.3 Å². The standard InChI is InChI=1S/C12H16ClN3O2/c1-16(2)15-12(18)8-7-11(17)14-10-6-4-3-5-9(10)13/h3-6H,7-8H2,1-2H3,(H,14,17)(H,15,18). The Morgan fingerprint density at radius 3 is 2.39 bits per heavy atom. The number of anilines is 1. The first-order valence-corrected chi connectivity index (χ1v) is 5.88. The minimum Gasteiger partial charge on any atom is -0.325 e. The molecule has 1 aromatic carbocycles.